The standard InChI is InChI=1S/C20H22FN5O3S/c1-10-15-13(23-26-19(22)30)8-20(2,3)9-14(15)29-16(10)18(28)25-24-17(27)11-6-4-5-7-12(11)21/h4-7H,8-9H2,1-3H3,(H,24,27)(H,25,28)(H3,22,26,30)/b23-13-. The molecule has 0 atom stereocenters. The number of carbonyl (C=O) groups is 2. The molecule has 1 aliphatic carbocycles. The van der Waals surface area contributed by atoms with Gasteiger partial charge in [0.05, 0.1) is 11.3 Å². The summed E-state index contributed by atoms with van der Waals surface area (Å²) in [5.41, 5.74) is 14.1. The quantitative estimate of drug-likeness (QED) is 0.437. The molecule has 8 nitrogen and oxygen atoms in total. The van der Waals surface area contributed by atoms with Crippen LogP contribution >= 0.6 is 12.2 Å². The van der Waals surface area contributed by atoms with Gasteiger partial charge in [-0.2, -0.15) is 5.10 Å². The molecule has 1 aliphatic rings. The van der Waals surface area contributed by atoms with Crippen LogP contribution in [0.2, 0.25) is 0 Å². The van der Waals surface area contributed by atoms with Crippen LogP contribution in [0.3, 0.4) is 0 Å². The van der Waals surface area contributed by atoms with Gasteiger partial charge in [0.25, 0.3) is 5.91 Å². The van der Waals surface area contributed by atoms with Crippen molar-refractivity contribution in [2.45, 2.75) is 33.6 Å². The Morgan fingerprint density at radius 3 is 2.53 bits per heavy atom. The minimum absolute atomic E-state index is 0.0300. The van der Waals surface area contributed by atoms with Crippen molar-refractivity contribution in [2.24, 2.45) is 16.3 Å². The maximum absolute atomic E-state index is 13.7. The summed E-state index contributed by atoms with van der Waals surface area (Å²) in [5.74, 6) is -1.49. The van der Waals surface area contributed by atoms with E-state index in [0.29, 0.717) is 35.4 Å². The predicted molar refractivity (Wildman–Crippen MR) is 113 cm³/mol. The molecule has 158 valence electrons. The first kappa shape index (κ1) is 21.4. The summed E-state index contributed by atoms with van der Waals surface area (Å²) in [4.78, 5) is 24.7. The first-order valence-electron chi connectivity index (χ1n) is 9.19. The van der Waals surface area contributed by atoms with Gasteiger partial charge in [-0.05, 0) is 43.1 Å². The molecule has 0 spiro atoms. The van der Waals surface area contributed by atoms with Crippen LogP contribution in [-0.4, -0.2) is 22.6 Å². The fourth-order valence-electron chi connectivity index (χ4n) is 3.43. The minimum Gasteiger partial charge on any atom is -0.455 e. The Bertz CT molecular complexity index is 1060. The summed E-state index contributed by atoms with van der Waals surface area (Å²) in [6.45, 7) is 5.83. The lowest BCUT2D eigenvalue weighted by Gasteiger charge is -2.29. The summed E-state index contributed by atoms with van der Waals surface area (Å²) in [5, 5.41) is 4.30. The Balaban J connectivity index is 1.83. The second-order valence-corrected chi connectivity index (χ2v) is 8.23. The van der Waals surface area contributed by atoms with E-state index >= 15 is 0 Å². The van der Waals surface area contributed by atoms with Gasteiger partial charge in [0.15, 0.2) is 10.9 Å². The highest BCUT2D eigenvalue weighted by Crippen LogP contribution is 2.38. The molecular formula is C20H22FN5O3S. The molecule has 0 aliphatic heterocycles. The summed E-state index contributed by atoms with van der Waals surface area (Å²) in [7, 11) is 0. The molecular weight excluding hydrogens is 409 g/mol. The molecule has 1 heterocycles. The van der Waals surface area contributed by atoms with E-state index in [1.165, 1.54) is 18.2 Å². The summed E-state index contributed by atoms with van der Waals surface area (Å²) in [6, 6.07) is 5.46. The van der Waals surface area contributed by atoms with Gasteiger partial charge >= 0.3 is 5.91 Å². The average molecular weight is 431 g/mol. The molecule has 0 saturated heterocycles. The Labute approximate surface area is 178 Å². The van der Waals surface area contributed by atoms with E-state index in [2.05, 4.69) is 35.2 Å². The number of hydrogen-bond acceptors (Lipinski definition) is 5. The number of nitrogens with two attached hydrogens (primary N) is 1. The number of hydrogen-bond donors (Lipinski definition) is 4. The van der Waals surface area contributed by atoms with Crippen LogP contribution in [0, 0.1) is 18.2 Å². The second kappa shape index (κ2) is 8.23. The number of nitrogens with one attached hydrogen (secondary N) is 3. The highest BCUT2D eigenvalue weighted by molar-refractivity contribution is 7.80. The molecule has 2 amide bonds. The van der Waals surface area contributed by atoms with Gasteiger partial charge in [0.1, 0.15) is 11.6 Å². The Morgan fingerprint density at radius 2 is 1.87 bits per heavy atom. The lowest BCUT2D eigenvalue weighted by atomic mass is 9.75. The molecule has 0 unspecified atom stereocenters. The van der Waals surface area contributed by atoms with E-state index in [1.54, 1.807) is 6.92 Å². The van der Waals surface area contributed by atoms with Crippen LogP contribution in [0.1, 0.15) is 58.1 Å². The largest absolute Gasteiger partial charge is 0.455 e. The maximum atomic E-state index is 13.7. The molecule has 2 aromatic rings. The van der Waals surface area contributed by atoms with Crippen molar-refractivity contribution in [1.29, 1.82) is 0 Å². The average Bonchev–Trinajstić information content (AvgIpc) is 2.99. The number of halogens is 1. The molecule has 0 radical (unpaired) electrons. The number of benzene rings is 1. The van der Waals surface area contributed by atoms with Crippen molar-refractivity contribution in [3.8, 4) is 0 Å². The minimum atomic E-state index is -0.778. The number of amides is 2. The first-order chi connectivity index (χ1) is 14.1. The van der Waals surface area contributed by atoms with Crippen LogP contribution in [0.4, 0.5) is 4.39 Å². The maximum Gasteiger partial charge on any atom is 0.305 e. The van der Waals surface area contributed by atoms with Gasteiger partial charge in [-0.25, -0.2) is 4.39 Å². The molecule has 5 N–H and O–H groups in total. The third kappa shape index (κ3) is 4.48. The van der Waals surface area contributed by atoms with E-state index in [9.17, 15) is 14.0 Å². The first-order valence-corrected chi connectivity index (χ1v) is 9.60. The number of furan rings is 1. The smallest absolute Gasteiger partial charge is 0.305 e. The Hall–Kier alpha value is -3.27. The predicted octanol–water partition coefficient (Wildman–Crippen LogP) is 2.31. The van der Waals surface area contributed by atoms with Crippen LogP contribution in [-0.2, 0) is 6.42 Å². The van der Waals surface area contributed by atoms with Crippen molar-refractivity contribution in [3.05, 3.63) is 58.3 Å². The number of hydrazone groups is 1. The molecule has 0 fully saturated rings. The van der Waals surface area contributed by atoms with Crippen molar-refractivity contribution in [3.63, 3.8) is 0 Å². The molecule has 10 heteroatoms. The second-order valence-electron chi connectivity index (χ2n) is 7.79. The fourth-order valence-corrected chi connectivity index (χ4v) is 3.48. The lowest BCUT2D eigenvalue weighted by Crippen LogP contribution is -2.42. The molecule has 0 bridgehead atoms. The molecule has 0 saturated carbocycles. The molecule has 1 aromatic carbocycles. The number of thiocarbonyl (C=S) groups is 1. The van der Waals surface area contributed by atoms with E-state index < -0.39 is 17.6 Å². The number of hydrazine groups is 1. The van der Waals surface area contributed by atoms with Crippen molar-refractivity contribution in [2.75, 3.05) is 0 Å². The molecule has 30 heavy (non-hydrogen) atoms. The normalized spacial score (nSPS) is 15.9. The Morgan fingerprint density at radius 1 is 1.20 bits per heavy atom. The summed E-state index contributed by atoms with van der Waals surface area (Å²) >= 11 is 4.81. The zero-order chi connectivity index (χ0) is 22.1. The van der Waals surface area contributed by atoms with Gasteiger partial charge in [-0.1, -0.05) is 26.0 Å². The number of fused-ring (bicyclic) bond motifs is 1. The van der Waals surface area contributed by atoms with Gasteiger partial charge in [0.2, 0.25) is 0 Å². The topological polar surface area (TPSA) is 122 Å². The number of rotatable bonds is 3. The SMILES string of the molecule is Cc1c(C(=O)NNC(=O)c2ccccc2F)oc2c1/C(=N\NC(N)=S)CC(C)(C)C2. The van der Waals surface area contributed by atoms with Crippen molar-refractivity contribution in [1.82, 2.24) is 16.3 Å². The highest BCUT2D eigenvalue weighted by Gasteiger charge is 2.36. The summed E-state index contributed by atoms with van der Waals surface area (Å²) < 4.78 is 19.5. The Kier molecular flexibility index (Phi) is 5.88. The molecule has 1 aromatic heterocycles. The zero-order valence-electron chi connectivity index (χ0n) is 16.8. The van der Waals surface area contributed by atoms with Gasteiger partial charge in [-0.3, -0.25) is 25.9 Å². The molecule has 3 rings (SSSR count). The summed E-state index contributed by atoms with van der Waals surface area (Å²) in [6.07, 6.45) is 1.23. The third-order valence-corrected chi connectivity index (χ3v) is 4.80. The van der Waals surface area contributed by atoms with Crippen LogP contribution in [0.5, 0.6) is 0 Å². The van der Waals surface area contributed by atoms with Gasteiger partial charge < -0.3 is 10.2 Å². The van der Waals surface area contributed by atoms with Crippen LogP contribution < -0.4 is 22.0 Å². The van der Waals surface area contributed by atoms with E-state index in [1.807, 2.05) is 0 Å². The van der Waals surface area contributed by atoms with Crippen LogP contribution in [0.25, 0.3) is 0 Å². The number of nitrogens with zero attached hydrogens (tertiary/aromatic N) is 1. The van der Waals surface area contributed by atoms with E-state index in [-0.39, 0.29) is 21.9 Å². The van der Waals surface area contributed by atoms with Gasteiger partial charge in [-0.15, -0.1) is 0 Å². The number of carbonyl (C=O) groups excluding carboxylic acids is 2. The fraction of sp³-hybridized carbons (Fsp3) is 0.300. The highest BCUT2D eigenvalue weighted by atomic mass is 32.1. The van der Waals surface area contributed by atoms with Crippen molar-refractivity contribution < 1.29 is 18.4 Å². The zero-order valence-corrected chi connectivity index (χ0v) is 17.6. The van der Waals surface area contributed by atoms with Crippen molar-refractivity contribution >= 4 is 34.9 Å². The monoisotopic (exact) mass is 431 g/mol. The third-order valence-electron chi connectivity index (χ3n) is 4.71. The van der Waals surface area contributed by atoms with Crippen LogP contribution in [0.15, 0.2) is 33.8 Å². The van der Waals surface area contributed by atoms with Gasteiger partial charge in [0, 0.05) is 17.5 Å². The van der Waals surface area contributed by atoms with E-state index in [4.69, 9.17) is 22.4 Å². The lowest BCUT2D eigenvalue weighted by molar-refractivity contribution is 0.0826. The van der Waals surface area contributed by atoms with E-state index in [0.717, 1.165) is 6.07 Å².